The summed E-state index contributed by atoms with van der Waals surface area (Å²) in [5, 5.41) is 0. The molecule has 26 heavy (non-hydrogen) atoms. The summed E-state index contributed by atoms with van der Waals surface area (Å²) in [6.45, 7) is 5.05. The zero-order chi connectivity index (χ0) is 18.1. The lowest BCUT2D eigenvalue weighted by molar-refractivity contribution is -0.146. The number of likely N-dealkylation sites (tertiary alicyclic amines) is 1. The Morgan fingerprint density at radius 1 is 1.23 bits per heavy atom. The van der Waals surface area contributed by atoms with E-state index in [0.29, 0.717) is 44.8 Å². The highest BCUT2D eigenvalue weighted by molar-refractivity contribution is 7.16. The van der Waals surface area contributed by atoms with E-state index >= 15 is 0 Å². The second-order valence-electron chi connectivity index (χ2n) is 7.03. The second kappa shape index (κ2) is 6.96. The Morgan fingerprint density at radius 3 is 2.81 bits per heavy atom. The molecule has 0 aliphatic carbocycles. The number of carbonyl (C=O) groups excluding carboxylic acids is 2. The van der Waals surface area contributed by atoms with Crippen LogP contribution >= 0.6 is 11.3 Å². The van der Waals surface area contributed by atoms with Crippen molar-refractivity contribution in [3.63, 3.8) is 0 Å². The molecule has 2 amide bonds. The van der Waals surface area contributed by atoms with Gasteiger partial charge in [0.15, 0.2) is 0 Å². The minimum Gasteiger partial charge on any atom is -0.371 e. The molecule has 0 N–H and O–H groups in total. The molecule has 1 aromatic carbocycles. The fourth-order valence-corrected chi connectivity index (χ4v) is 4.54. The number of hydrogen-bond donors (Lipinski definition) is 0. The van der Waals surface area contributed by atoms with Crippen molar-refractivity contribution in [1.29, 1.82) is 0 Å². The minimum atomic E-state index is -0.316. The van der Waals surface area contributed by atoms with E-state index in [1.807, 2.05) is 34.9 Å². The number of ether oxygens (including phenoxy) is 1. The van der Waals surface area contributed by atoms with Crippen molar-refractivity contribution >= 4 is 33.4 Å². The molecule has 2 aromatic rings. The van der Waals surface area contributed by atoms with Gasteiger partial charge in [-0.2, -0.15) is 0 Å². The van der Waals surface area contributed by atoms with Gasteiger partial charge in [0.2, 0.25) is 5.91 Å². The van der Waals surface area contributed by atoms with Crippen molar-refractivity contribution < 1.29 is 14.3 Å². The van der Waals surface area contributed by atoms with Crippen LogP contribution in [0.4, 0.5) is 0 Å². The van der Waals surface area contributed by atoms with Crippen LogP contribution in [0.15, 0.2) is 23.7 Å². The van der Waals surface area contributed by atoms with Gasteiger partial charge in [0.05, 0.1) is 34.5 Å². The molecule has 4 rings (SSSR count). The van der Waals surface area contributed by atoms with Crippen LogP contribution in [0.3, 0.4) is 0 Å². The van der Waals surface area contributed by atoms with E-state index in [4.69, 9.17) is 4.74 Å². The van der Waals surface area contributed by atoms with Gasteiger partial charge < -0.3 is 14.5 Å². The van der Waals surface area contributed by atoms with Crippen LogP contribution < -0.4 is 0 Å². The van der Waals surface area contributed by atoms with Gasteiger partial charge in [0.1, 0.15) is 0 Å². The zero-order valence-corrected chi connectivity index (χ0v) is 15.8. The molecule has 2 saturated heterocycles. The molecule has 0 radical (unpaired) electrons. The molecule has 138 valence electrons. The van der Waals surface area contributed by atoms with Crippen molar-refractivity contribution in [2.24, 2.45) is 0 Å². The molecule has 2 aliphatic heterocycles. The summed E-state index contributed by atoms with van der Waals surface area (Å²) in [5.74, 6) is 0.231. The number of rotatable bonds is 2. The Bertz CT molecular complexity index is 826. The number of aromatic nitrogens is 1. The van der Waals surface area contributed by atoms with Gasteiger partial charge in [0.25, 0.3) is 5.91 Å². The fraction of sp³-hybridized carbons (Fsp3) is 0.526. The van der Waals surface area contributed by atoms with Gasteiger partial charge in [-0.1, -0.05) is 6.92 Å². The molecule has 0 saturated carbocycles. The summed E-state index contributed by atoms with van der Waals surface area (Å²) in [7, 11) is 0. The van der Waals surface area contributed by atoms with Crippen LogP contribution in [0, 0.1) is 0 Å². The second-order valence-corrected chi connectivity index (χ2v) is 7.91. The minimum absolute atomic E-state index is 0.0367. The molecule has 1 spiro atoms. The molecule has 2 aliphatic rings. The van der Waals surface area contributed by atoms with Crippen molar-refractivity contribution in [1.82, 2.24) is 14.8 Å². The number of piperidine rings is 1. The van der Waals surface area contributed by atoms with Gasteiger partial charge in [-0.25, -0.2) is 4.98 Å². The SMILES string of the molecule is CCC(=O)N1CCC2(CC1)CN(C(=O)c1ccc3scnc3c1)CCO2. The third kappa shape index (κ3) is 3.21. The maximum absolute atomic E-state index is 13.0. The largest absolute Gasteiger partial charge is 0.371 e. The third-order valence-corrected chi connectivity index (χ3v) is 6.25. The Labute approximate surface area is 156 Å². The highest BCUT2D eigenvalue weighted by atomic mass is 32.1. The van der Waals surface area contributed by atoms with Gasteiger partial charge in [0, 0.05) is 31.6 Å². The van der Waals surface area contributed by atoms with Gasteiger partial charge in [-0.05, 0) is 31.0 Å². The number of nitrogens with zero attached hydrogens (tertiary/aromatic N) is 3. The van der Waals surface area contributed by atoms with E-state index in [1.54, 1.807) is 16.8 Å². The first-order valence-electron chi connectivity index (χ1n) is 9.14. The monoisotopic (exact) mass is 373 g/mol. The molecule has 0 unspecified atom stereocenters. The zero-order valence-electron chi connectivity index (χ0n) is 14.9. The summed E-state index contributed by atoms with van der Waals surface area (Å²) in [4.78, 5) is 33.0. The molecule has 1 aromatic heterocycles. The Hall–Kier alpha value is -1.99. The van der Waals surface area contributed by atoms with E-state index < -0.39 is 0 Å². The Balaban J connectivity index is 1.46. The van der Waals surface area contributed by atoms with Gasteiger partial charge in [-0.3, -0.25) is 9.59 Å². The predicted octanol–water partition coefficient (Wildman–Crippen LogP) is 2.54. The maximum atomic E-state index is 13.0. The molecular formula is C19H23N3O3S. The molecule has 6 nitrogen and oxygen atoms in total. The highest BCUT2D eigenvalue weighted by Gasteiger charge is 2.41. The van der Waals surface area contributed by atoms with Crippen LogP contribution in [0.5, 0.6) is 0 Å². The first-order valence-corrected chi connectivity index (χ1v) is 10.0. The van der Waals surface area contributed by atoms with Crippen LogP contribution in [0.25, 0.3) is 10.2 Å². The number of benzene rings is 1. The lowest BCUT2D eigenvalue weighted by Gasteiger charge is -2.47. The molecule has 3 heterocycles. The highest BCUT2D eigenvalue weighted by Crippen LogP contribution is 2.31. The number of amides is 2. The molecule has 7 heteroatoms. The van der Waals surface area contributed by atoms with E-state index in [2.05, 4.69) is 4.98 Å². The van der Waals surface area contributed by atoms with Crippen LogP contribution in [0.1, 0.15) is 36.5 Å². The molecule has 0 bridgehead atoms. The van der Waals surface area contributed by atoms with Crippen molar-refractivity contribution in [3.05, 3.63) is 29.3 Å². The van der Waals surface area contributed by atoms with E-state index in [1.165, 1.54) is 0 Å². The van der Waals surface area contributed by atoms with Crippen molar-refractivity contribution in [3.8, 4) is 0 Å². The van der Waals surface area contributed by atoms with Crippen LogP contribution in [-0.4, -0.2) is 65.0 Å². The quantitative estimate of drug-likeness (QED) is 0.812. The summed E-state index contributed by atoms with van der Waals surface area (Å²) >= 11 is 1.58. The number of thiazole rings is 1. The lowest BCUT2D eigenvalue weighted by atomic mass is 9.89. The van der Waals surface area contributed by atoms with Crippen LogP contribution in [0.2, 0.25) is 0 Å². The number of hydrogen-bond acceptors (Lipinski definition) is 5. The first-order chi connectivity index (χ1) is 12.6. The lowest BCUT2D eigenvalue weighted by Crippen LogP contribution is -2.58. The smallest absolute Gasteiger partial charge is 0.254 e. The number of morpholine rings is 1. The Morgan fingerprint density at radius 2 is 2.04 bits per heavy atom. The van der Waals surface area contributed by atoms with Gasteiger partial charge in [-0.15, -0.1) is 11.3 Å². The molecule has 0 atom stereocenters. The fourth-order valence-electron chi connectivity index (χ4n) is 3.88. The Kier molecular flexibility index (Phi) is 4.67. The number of fused-ring (bicyclic) bond motifs is 1. The van der Waals surface area contributed by atoms with E-state index in [0.717, 1.165) is 23.1 Å². The van der Waals surface area contributed by atoms with Crippen molar-refractivity contribution in [2.75, 3.05) is 32.8 Å². The summed E-state index contributed by atoms with van der Waals surface area (Å²) < 4.78 is 7.19. The standard InChI is InChI=1S/C19H23N3O3S/c1-2-17(23)21-7-5-19(6-8-21)12-22(9-10-25-19)18(24)14-3-4-16-15(11-14)20-13-26-16/h3-4,11,13H,2,5-10,12H2,1H3. The maximum Gasteiger partial charge on any atom is 0.254 e. The first kappa shape index (κ1) is 17.4. The van der Waals surface area contributed by atoms with Crippen LogP contribution in [-0.2, 0) is 9.53 Å². The average molecular weight is 373 g/mol. The predicted molar refractivity (Wildman–Crippen MR) is 100 cm³/mol. The summed E-state index contributed by atoms with van der Waals surface area (Å²) in [6, 6.07) is 5.72. The van der Waals surface area contributed by atoms with Crippen molar-refractivity contribution in [2.45, 2.75) is 31.8 Å². The average Bonchev–Trinajstić information content (AvgIpc) is 3.15. The van der Waals surface area contributed by atoms with E-state index in [-0.39, 0.29) is 17.4 Å². The topological polar surface area (TPSA) is 62.7 Å². The third-order valence-electron chi connectivity index (χ3n) is 5.44. The van der Waals surface area contributed by atoms with E-state index in [9.17, 15) is 9.59 Å². The normalized spacial score (nSPS) is 19.9. The molecule has 2 fully saturated rings. The van der Waals surface area contributed by atoms with Gasteiger partial charge >= 0.3 is 0 Å². The summed E-state index contributed by atoms with van der Waals surface area (Å²) in [6.07, 6.45) is 2.11. The number of carbonyl (C=O) groups is 2. The molecular weight excluding hydrogens is 350 g/mol. The summed E-state index contributed by atoms with van der Waals surface area (Å²) in [5.41, 5.74) is 3.03.